The van der Waals surface area contributed by atoms with Crippen molar-refractivity contribution >= 4 is 5.84 Å². The highest BCUT2D eigenvalue weighted by Crippen LogP contribution is 2.24. The highest BCUT2D eigenvalue weighted by atomic mass is 16.4. The summed E-state index contributed by atoms with van der Waals surface area (Å²) in [6, 6.07) is 8.30. The Morgan fingerprint density at radius 1 is 1.42 bits per heavy atom. The van der Waals surface area contributed by atoms with Crippen LogP contribution in [0.5, 0.6) is 0 Å². The van der Waals surface area contributed by atoms with Crippen LogP contribution >= 0.6 is 0 Å². The van der Waals surface area contributed by atoms with E-state index in [1.165, 1.54) is 5.56 Å². The summed E-state index contributed by atoms with van der Waals surface area (Å²) in [6.07, 6.45) is 1.73. The molecule has 0 saturated heterocycles. The minimum atomic E-state index is 0.404. The van der Waals surface area contributed by atoms with Crippen molar-refractivity contribution < 1.29 is 4.42 Å². The first kappa shape index (κ1) is 13.3. The lowest BCUT2D eigenvalue weighted by Gasteiger charge is -2.06. The van der Waals surface area contributed by atoms with Gasteiger partial charge in [0, 0.05) is 5.56 Å². The number of amidine groups is 1. The van der Waals surface area contributed by atoms with Crippen molar-refractivity contribution in [3.8, 4) is 11.3 Å². The maximum Gasteiger partial charge on any atom is 0.214 e. The van der Waals surface area contributed by atoms with E-state index in [0.29, 0.717) is 24.2 Å². The quantitative estimate of drug-likeness (QED) is 0.650. The summed E-state index contributed by atoms with van der Waals surface area (Å²) in [7, 11) is 0. The molecule has 0 atom stereocenters. The molecule has 0 radical (unpaired) electrons. The van der Waals surface area contributed by atoms with Crippen LogP contribution in [-0.4, -0.2) is 10.8 Å². The van der Waals surface area contributed by atoms with E-state index in [1.54, 1.807) is 13.1 Å². The maximum absolute atomic E-state index is 7.31. The van der Waals surface area contributed by atoms with E-state index < -0.39 is 0 Å². The van der Waals surface area contributed by atoms with Gasteiger partial charge in [-0.3, -0.25) is 5.41 Å². The second-order valence-corrected chi connectivity index (χ2v) is 4.88. The largest absolute Gasteiger partial charge is 0.439 e. The van der Waals surface area contributed by atoms with Gasteiger partial charge in [-0.15, -0.1) is 0 Å². The average molecular weight is 257 g/mol. The molecule has 2 N–H and O–H groups in total. The minimum Gasteiger partial charge on any atom is -0.439 e. The molecule has 1 aromatic carbocycles. The number of nitrogens with zero attached hydrogens (tertiary/aromatic N) is 1. The molecule has 2 aromatic rings. The van der Waals surface area contributed by atoms with Crippen LogP contribution < -0.4 is 5.32 Å². The highest BCUT2D eigenvalue weighted by Gasteiger charge is 2.08. The summed E-state index contributed by atoms with van der Waals surface area (Å²) in [5, 5.41) is 10.2. The first-order valence-electron chi connectivity index (χ1n) is 6.40. The van der Waals surface area contributed by atoms with E-state index in [-0.39, 0.29) is 0 Å². The van der Waals surface area contributed by atoms with E-state index in [1.807, 2.05) is 12.1 Å². The smallest absolute Gasteiger partial charge is 0.214 e. The Morgan fingerprint density at radius 2 is 2.21 bits per heavy atom. The Bertz CT molecular complexity index is 572. The normalized spacial score (nSPS) is 10.7. The van der Waals surface area contributed by atoms with Crippen LogP contribution in [0.1, 0.15) is 38.1 Å². The van der Waals surface area contributed by atoms with Crippen molar-refractivity contribution in [2.45, 2.75) is 33.2 Å². The lowest BCUT2D eigenvalue weighted by Crippen LogP contribution is -2.18. The molecule has 0 spiro atoms. The van der Waals surface area contributed by atoms with Crippen molar-refractivity contribution in [2.24, 2.45) is 0 Å². The zero-order valence-corrected chi connectivity index (χ0v) is 11.5. The number of rotatable bonds is 4. The van der Waals surface area contributed by atoms with Crippen LogP contribution in [0, 0.1) is 5.41 Å². The molecule has 1 heterocycles. The van der Waals surface area contributed by atoms with Gasteiger partial charge in [-0.25, -0.2) is 4.98 Å². The molecular formula is C15H19N3O. The number of hydrogen-bond donors (Lipinski definition) is 2. The van der Waals surface area contributed by atoms with Gasteiger partial charge in [0.2, 0.25) is 5.89 Å². The van der Waals surface area contributed by atoms with Gasteiger partial charge >= 0.3 is 0 Å². The van der Waals surface area contributed by atoms with Crippen molar-refractivity contribution in [1.82, 2.24) is 10.3 Å². The average Bonchev–Trinajstić information content (AvgIpc) is 2.85. The summed E-state index contributed by atoms with van der Waals surface area (Å²) in [4.78, 5) is 4.21. The summed E-state index contributed by atoms with van der Waals surface area (Å²) in [6.45, 7) is 6.47. The second kappa shape index (κ2) is 5.69. The highest BCUT2D eigenvalue weighted by molar-refractivity contribution is 5.75. The number of hydrogen-bond acceptors (Lipinski definition) is 3. The number of nitrogens with one attached hydrogen (secondary N) is 2. The first-order chi connectivity index (χ1) is 9.06. The van der Waals surface area contributed by atoms with E-state index >= 15 is 0 Å². The molecule has 19 heavy (non-hydrogen) atoms. The molecule has 0 unspecified atom stereocenters. The van der Waals surface area contributed by atoms with Gasteiger partial charge in [0.1, 0.15) is 0 Å². The van der Waals surface area contributed by atoms with Crippen molar-refractivity contribution in [3.05, 3.63) is 41.9 Å². The Morgan fingerprint density at radius 3 is 2.89 bits per heavy atom. The lowest BCUT2D eigenvalue weighted by molar-refractivity contribution is 0.499. The van der Waals surface area contributed by atoms with Crippen LogP contribution in [0.25, 0.3) is 11.3 Å². The molecule has 1 aromatic heterocycles. The van der Waals surface area contributed by atoms with Gasteiger partial charge in [-0.2, -0.15) is 0 Å². The van der Waals surface area contributed by atoms with E-state index in [9.17, 15) is 0 Å². The SMILES string of the molecule is CC(=N)NCc1ncc(-c2cccc(C(C)C)c2)o1. The number of aromatic nitrogens is 1. The van der Waals surface area contributed by atoms with Crippen molar-refractivity contribution in [1.29, 1.82) is 5.41 Å². The third-order valence-electron chi connectivity index (χ3n) is 2.90. The van der Waals surface area contributed by atoms with Gasteiger partial charge in [0.05, 0.1) is 18.6 Å². The first-order valence-corrected chi connectivity index (χ1v) is 6.40. The van der Waals surface area contributed by atoms with Crippen molar-refractivity contribution in [3.63, 3.8) is 0 Å². The molecule has 4 heteroatoms. The Balaban J connectivity index is 2.18. The molecule has 0 bridgehead atoms. The molecule has 0 aliphatic heterocycles. The van der Waals surface area contributed by atoms with Crippen molar-refractivity contribution in [2.75, 3.05) is 0 Å². The van der Waals surface area contributed by atoms with E-state index in [4.69, 9.17) is 9.83 Å². The fourth-order valence-corrected chi connectivity index (χ4v) is 1.78. The molecule has 0 aliphatic carbocycles. The molecule has 0 saturated carbocycles. The van der Waals surface area contributed by atoms with Crippen LogP contribution in [0.3, 0.4) is 0 Å². The standard InChI is InChI=1S/C15H19N3O/c1-10(2)12-5-4-6-13(7-12)14-8-18-15(19-14)9-17-11(3)16/h4-8,10H,9H2,1-3H3,(H2,16,17). The summed E-state index contributed by atoms with van der Waals surface area (Å²) in [5.41, 5.74) is 2.32. The van der Waals surface area contributed by atoms with Gasteiger partial charge in [0.15, 0.2) is 5.76 Å². The molecule has 100 valence electrons. The van der Waals surface area contributed by atoms with Crippen LogP contribution in [0.2, 0.25) is 0 Å². The van der Waals surface area contributed by atoms with Gasteiger partial charge < -0.3 is 9.73 Å². The molecule has 0 aliphatic rings. The Hall–Kier alpha value is -2.10. The second-order valence-electron chi connectivity index (χ2n) is 4.88. The fraction of sp³-hybridized carbons (Fsp3) is 0.333. The monoisotopic (exact) mass is 257 g/mol. The third kappa shape index (κ3) is 3.44. The van der Waals surface area contributed by atoms with Gasteiger partial charge in [-0.1, -0.05) is 32.0 Å². The topological polar surface area (TPSA) is 61.9 Å². The van der Waals surface area contributed by atoms with Crippen LogP contribution in [0.15, 0.2) is 34.9 Å². The van der Waals surface area contributed by atoms with Gasteiger partial charge in [-0.05, 0) is 24.5 Å². The Kier molecular flexibility index (Phi) is 4.00. The fourth-order valence-electron chi connectivity index (χ4n) is 1.78. The van der Waals surface area contributed by atoms with Gasteiger partial charge in [0.25, 0.3) is 0 Å². The number of oxazole rings is 1. The Labute approximate surface area is 113 Å². The predicted octanol–water partition coefficient (Wildman–Crippen LogP) is 3.55. The van der Waals surface area contributed by atoms with Crippen LogP contribution in [0.4, 0.5) is 0 Å². The summed E-state index contributed by atoms with van der Waals surface area (Å²) >= 11 is 0. The molecule has 4 nitrogen and oxygen atoms in total. The van der Waals surface area contributed by atoms with Crippen LogP contribution in [-0.2, 0) is 6.54 Å². The van der Waals surface area contributed by atoms with E-state index in [2.05, 4.69) is 36.3 Å². The van der Waals surface area contributed by atoms with E-state index in [0.717, 1.165) is 11.3 Å². The summed E-state index contributed by atoms with van der Waals surface area (Å²) < 4.78 is 5.68. The number of benzene rings is 1. The molecule has 0 amide bonds. The minimum absolute atomic E-state index is 0.404. The maximum atomic E-state index is 7.31. The lowest BCUT2D eigenvalue weighted by atomic mass is 10.0. The third-order valence-corrected chi connectivity index (χ3v) is 2.90. The zero-order chi connectivity index (χ0) is 13.8. The molecule has 2 rings (SSSR count). The molecular weight excluding hydrogens is 238 g/mol. The predicted molar refractivity (Wildman–Crippen MR) is 76.3 cm³/mol. The summed E-state index contributed by atoms with van der Waals surface area (Å²) in [5.74, 6) is 2.25. The molecule has 0 fully saturated rings. The zero-order valence-electron chi connectivity index (χ0n) is 11.5.